The highest BCUT2D eigenvalue weighted by Crippen LogP contribution is 2.37. The third-order valence-corrected chi connectivity index (χ3v) is 3.33. The van der Waals surface area contributed by atoms with E-state index in [9.17, 15) is 5.11 Å². The van der Waals surface area contributed by atoms with Crippen molar-refractivity contribution in [1.29, 1.82) is 0 Å². The summed E-state index contributed by atoms with van der Waals surface area (Å²) >= 11 is 5.83. The van der Waals surface area contributed by atoms with E-state index in [0.717, 1.165) is 23.0 Å². The molecular weight excluding hydrogens is 222 g/mol. The van der Waals surface area contributed by atoms with Crippen LogP contribution in [0.3, 0.4) is 0 Å². The summed E-state index contributed by atoms with van der Waals surface area (Å²) in [6, 6.07) is 7.61. The van der Waals surface area contributed by atoms with Gasteiger partial charge in [-0.05, 0) is 43.5 Å². The molecule has 88 valence electrons. The van der Waals surface area contributed by atoms with Gasteiger partial charge in [0.1, 0.15) is 0 Å². The Balaban J connectivity index is 2.01. The van der Waals surface area contributed by atoms with E-state index < -0.39 is 0 Å². The van der Waals surface area contributed by atoms with Crippen LogP contribution in [0.25, 0.3) is 0 Å². The quantitative estimate of drug-likeness (QED) is 0.827. The summed E-state index contributed by atoms with van der Waals surface area (Å²) in [5, 5.41) is 13.6. The average Bonchev–Trinajstić information content (AvgIpc) is 3.05. The van der Waals surface area contributed by atoms with Crippen molar-refractivity contribution < 1.29 is 5.11 Å². The van der Waals surface area contributed by atoms with Crippen molar-refractivity contribution in [3.05, 3.63) is 29.3 Å². The van der Waals surface area contributed by atoms with Gasteiger partial charge in [-0.2, -0.15) is 0 Å². The first-order chi connectivity index (χ1) is 7.61. The van der Waals surface area contributed by atoms with Crippen molar-refractivity contribution in [3.8, 4) is 0 Å². The number of anilines is 1. The zero-order valence-electron chi connectivity index (χ0n) is 9.54. The topological polar surface area (TPSA) is 32.3 Å². The van der Waals surface area contributed by atoms with E-state index in [4.69, 9.17) is 11.6 Å². The molecular formula is C13H18ClNO. The van der Waals surface area contributed by atoms with E-state index in [1.54, 1.807) is 0 Å². The molecule has 1 unspecified atom stereocenters. The molecule has 1 aliphatic rings. The van der Waals surface area contributed by atoms with E-state index in [1.807, 2.05) is 24.3 Å². The van der Waals surface area contributed by atoms with Crippen LogP contribution in [-0.4, -0.2) is 17.3 Å². The highest BCUT2D eigenvalue weighted by Gasteiger charge is 2.32. The molecule has 16 heavy (non-hydrogen) atoms. The Kier molecular flexibility index (Phi) is 3.41. The molecule has 0 saturated heterocycles. The smallest absolute Gasteiger partial charge is 0.0658 e. The Labute approximate surface area is 102 Å². The van der Waals surface area contributed by atoms with Crippen molar-refractivity contribution in [2.75, 3.05) is 11.9 Å². The Bertz CT molecular complexity index is 347. The molecule has 2 N–H and O–H groups in total. The molecule has 3 heteroatoms. The lowest BCUT2D eigenvalue weighted by molar-refractivity contribution is 0.209. The van der Waals surface area contributed by atoms with Gasteiger partial charge in [-0.1, -0.05) is 24.4 Å². The Hall–Kier alpha value is -0.730. The molecule has 0 amide bonds. The number of aliphatic hydroxyl groups is 1. The van der Waals surface area contributed by atoms with Crippen LogP contribution in [0.1, 0.15) is 26.2 Å². The molecule has 0 spiro atoms. The second kappa shape index (κ2) is 4.64. The number of nitrogens with one attached hydrogen (secondary N) is 1. The normalized spacial score (nSPS) is 19.2. The maximum atomic E-state index is 9.49. The van der Waals surface area contributed by atoms with E-state index in [0.29, 0.717) is 0 Å². The number of hydrogen-bond acceptors (Lipinski definition) is 2. The van der Waals surface area contributed by atoms with Gasteiger partial charge in [0.15, 0.2) is 0 Å². The summed E-state index contributed by atoms with van der Waals surface area (Å²) in [6.07, 6.45) is 3.64. The number of rotatable bonds is 5. The number of aliphatic hydroxyl groups excluding tert-OH is 1. The first-order valence-corrected chi connectivity index (χ1v) is 6.14. The van der Waals surface area contributed by atoms with E-state index in [2.05, 4.69) is 12.2 Å². The summed E-state index contributed by atoms with van der Waals surface area (Å²) in [5.74, 6) is 0.789. The third-order valence-electron chi connectivity index (χ3n) is 3.08. The van der Waals surface area contributed by atoms with Crippen LogP contribution < -0.4 is 5.32 Å². The van der Waals surface area contributed by atoms with Crippen molar-refractivity contribution in [1.82, 2.24) is 0 Å². The molecule has 0 heterocycles. The van der Waals surface area contributed by atoms with Gasteiger partial charge < -0.3 is 10.4 Å². The molecule has 1 saturated carbocycles. The molecule has 1 atom stereocenters. The van der Waals surface area contributed by atoms with Crippen molar-refractivity contribution in [2.24, 2.45) is 5.92 Å². The van der Waals surface area contributed by atoms with Gasteiger partial charge in [0, 0.05) is 10.7 Å². The summed E-state index contributed by atoms with van der Waals surface area (Å²) < 4.78 is 0. The molecule has 1 aromatic rings. The zero-order chi connectivity index (χ0) is 11.6. The molecule has 0 radical (unpaired) electrons. The SMILES string of the molecule is CC(CO)(CC1CC1)Nc1ccc(Cl)cc1. The van der Waals surface area contributed by atoms with Gasteiger partial charge in [0.25, 0.3) is 0 Å². The number of halogens is 1. The van der Waals surface area contributed by atoms with Gasteiger partial charge in [-0.25, -0.2) is 0 Å². The Morgan fingerprint density at radius 2 is 2.00 bits per heavy atom. The molecule has 1 aliphatic carbocycles. The monoisotopic (exact) mass is 239 g/mol. The van der Waals surface area contributed by atoms with Crippen molar-refractivity contribution >= 4 is 17.3 Å². The van der Waals surface area contributed by atoms with Crippen molar-refractivity contribution in [2.45, 2.75) is 31.7 Å². The fourth-order valence-corrected chi connectivity index (χ4v) is 2.12. The predicted molar refractivity (Wildman–Crippen MR) is 67.9 cm³/mol. The Morgan fingerprint density at radius 1 is 1.38 bits per heavy atom. The van der Waals surface area contributed by atoms with Gasteiger partial charge in [-0.3, -0.25) is 0 Å². The van der Waals surface area contributed by atoms with Crippen LogP contribution in [0.4, 0.5) is 5.69 Å². The van der Waals surface area contributed by atoms with Crippen LogP contribution in [0.5, 0.6) is 0 Å². The minimum Gasteiger partial charge on any atom is -0.394 e. The number of benzene rings is 1. The lowest BCUT2D eigenvalue weighted by Gasteiger charge is -2.30. The first-order valence-electron chi connectivity index (χ1n) is 5.76. The predicted octanol–water partition coefficient (Wildman–Crippen LogP) is 3.30. The molecule has 0 bridgehead atoms. The molecule has 1 aromatic carbocycles. The molecule has 0 aliphatic heterocycles. The first kappa shape index (κ1) is 11.7. The highest BCUT2D eigenvalue weighted by molar-refractivity contribution is 6.30. The van der Waals surface area contributed by atoms with E-state index in [-0.39, 0.29) is 12.1 Å². The zero-order valence-corrected chi connectivity index (χ0v) is 10.3. The summed E-state index contributed by atoms with van der Waals surface area (Å²) in [7, 11) is 0. The summed E-state index contributed by atoms with van der Waals surface area (Å²) in [5.41, 5.74) is 0.802. The maximum Gasteiger partial charge on any atom is 0.0658 e. The summed E-state index contributed by atoms with van der Waals surface area (Å²) in [6.45, 7) is 2.23. The second-order valence-corrected chi connectivity index (χ2v) is 5.43. The van der Waals surface area contributed by atoms with Crippen LogP contribution >= 0.6 is 11.6 Å². The third kappa shape index (κ3) is 3.13. The highest BCUT2D eigenvalue weighted by atomic mass is 35.5. The largest absolute Gasteiger partial charge is 0.394 e. The molecule has 2 nitrogen and oxygen atoms in total. The van der Waals surface area contributed by atoms with Gasteiger partial charge >= 0.3 is 0 Å². The maximum absolute atomic E-state index is 9.49. The van der Waals surface area contributed by atoms with Crippen molar-refractivity contribution in [3.63, 3.8) is 0 Å². The van der Waals surface area contributed by atoms with E-state index >= 15 is 0 Å². The Morgan fingerprint density at radius 3 is 2.50 bits per heavy atom. The fourth-order valence-electron chi connectivity index (χ4n) is 2.00. The number of hydrogen-bond donors (Lipinski definition) is 2. The summed E-state index contributed by atoms with van der Waals surface area (Å²) in [4.78, 5) is 0. The van der Waals surface area contributed by atoms with Gasteiger partial charge in [-0.15, -0.1) is 0 Å². The second-order valence-electron chi connectivity index (χ2n) is 5.00. The van der Waals surface area contributed by atoms with Crippen LogP contribution in [0.2, 0.25) is 5.02 Å². The lowest BCUT2D eigenvalue weighted by Crippen LogP contribution is -2.39. The average molecular weight is 240 g/mol. The minimum atomic E-state index is -0.213. The van der Waals surface area contributed by atoms with Gasteiger partial charge in [0.05, 0.1) is 12.1 Å². The standard InChI is InChI=1S/C13H18ClNO/c1-13(9-16,8-10-2-3-10)15-12-6-4-11(14)5-7-12/h4-7,10,15-16H,2-3,8-9H2,1H3. The fraction of sp³-hybridized carbons (Fsp3) is 0.538. The lowest BCUT2D eigenvalue weighted by atomic mass is 9.95. The van der Waals surface area contributed by atoms with E-state index in [1.165, 1.54) is 12.8 Å². The molecule has 2 rings (SSSR count). The van der Waals surface area contributed by atoms with Crippen LogP contribution in [0.15, 0.2) is 24.3 Å². The van der Waals surface area contributed by atoms with Crippen LogP contribution in [0, 0.1) is 5.92 Å². The molecule has 0 aromatic heterocycles. The van der Waals surface area contributed by atoms with Crippen LogP contribution in [-0.2, 0) is 0 Å². The van der Waals surface area contributed by atoms with Gasteiger partial charge in [0.2, 0.25) is 0 Å². The minimum absolute atomic E-state index is 0.159. The molecule has 1 fully saturated rings.